The summed E-state index contributed by atoms with van der Waals surface area (Å²) in [5, 5.41) is 0. The molecule has 1 aliphatic rings. The van der Waals surface area contributed by atoms with Gasteiger partial charge in [0.2, 0.25) is 0 Å². The molecule has 1 saturated carbocycles. The van der Waals surface area contributed by atoms with Crippen molar-refractivity contribution in [3.63, 3.8) is 0 Å². The maximum atomic E-state index is 4.30. The molecule has 1 heteroatoms. The van der Waals surface area contributed by atoms with E-state index in [0.717, 1.165) is 11.6 Å². The van der Waals surface area contributed by atoms with Crippen LogP contribution in [0.15, 0.2) is 11.6 Å². The van der Waals surface area contributed by atoms with E-state index in [4.69, 9.17) is 0 Å². The van der Waals surface area contributed by atoms with Gasteiger partial charge in [0.1, 0.15) is 0 Å². The molecular weight excluding hydrogens is 151 g/mol. The van der Waals surface area contributed by atoms with Crippen molar-refractivity contribution in [1.82, 2.24) is 0 Å². The Labute approximate surface area is 71.1 Å². The van der Waals surface area contributed by atoms with Crippen molar-refractivity contribution in [3.05, 3.63) is 11.6 Å². The first-order valence-corrected chi connectivity index (χ1v) is 6.43. The first-order valence-electron chi connectivity index (χ1n) is 4.44. The lowest BCUT2D eigenvalue weighted by Gasteiger charge is -2.04. The van der Waals surface area contributed by atoms with Gasteiger partial charge >= 0.3 is 0 Å². The minimum Gasteiger partial charge on any atom is -0.118 e. The zero-order chi connectivity index (χ0) is 8.43. The standard InChI is InChI=1S/C10H19P/c1-5-8(2)7-11(4)10-6-9(10)3/h5,9-11H,4,6-7H2,1-3H3/b8-5-. The highest BCUT2D eigenvalue weighted by Crippen LogP contribution is 2.50. The number of hydrogen-bond acceptors (Lipinski definition) is 0. The van der Waals surface area contributed by atoms with Gasteiger partial charge in [-0.15, -0.1) is 13.8 Å². The molecule has 0 saturated heterocycles. The zero-order valence-electron chi connectivity index (χ0n) is 7.85. The van der Waals surface area contributed by atoms with Gasteiger partial charge in [0.05, 0.1) is 0 Å². The second-order valence-electron chi connectivity index (χ2n) is 3.79. The minimum absolute atomic E-state index is 0.274. The van der Waals surface area contributed by atoms with Gasteiger partial charge in [-0.1, -0.05) is 18.6 Å². The van der Waals surface area contributed by atoms with Crippen molar-refractivity contribution in [1.29, 1.82) is 0 Å². The van der Waals surface area contributed by atoms with Crippen molar-refractivity contribution < 1.29 is 0 Å². The Morgan fingerprint density at radius 2 is 2.27 bits per heavy atom. The summed E-state index contributed by atoms with van der Waals surface area (Å²) in [4.78, 5) is 0. The van der Waals surface area contributed by atoms with Gasteiger partial charge in [-0.25, -0.2) is 0 Å². The molecule has 11 heavy (non-hydrogen) atoms. The van der Waals surface area contributed by atoms with E-state index in [1.54, 1.807) is 0 Å². The van der Waals surface area contributed by atoms with Crippen LogP contribution in [0.3, 0.4) is 0 Å². The summed E-state index contributed by atoms with van der Waals surface area (Å²) in [5.41, 5.74) is 2.56. The van der Waals surface area contributed by atoms with E-state index in [2.05, 4.69) is 33.1 Å². The Kier molecular flexibility index (Phi) is 3.01. The molecule has 0 aromatic heterocycles. The maximum absolute atomic E-state index is 4.30. The van der Waals surface area contributed by atoms with Crippen molar-refractivity contribution in [3.8, 4) is 0 Å². The van der Waals surface area contributed by atoms with E-state index >= 15 is 0 Å². The van der Waals surface area contributed by atoms with Crippen molar-refractivity contribution in [2.24, 2.45) is 5.92 Å². The zero-order valence-corrected chi connectivity index (χ0v) is 8.85. The lowest BCUT2D eigenvalue weighted by atomic mass is 10.3. The van der Waals surface area contributed by atoms with E-state index in [9.17, 15) is 0 Å². The number of hydrogen-bond donors (Lipinski definition) is 0. The Morgan fingerprint density at radius 1 is 1.73 bits per heavy atom. The lowest BCUT2D eigenvalue weighted by Crippen LogP contribution is -1.86. The third kappa shape index (κ3) is 2.52. The van der Waals surface area contributed by atoms with Crippen LogP contribution in [0.2, 0.25) is 0 Å². The fraction of sp³-hybridized carbons (Fsp3) is 0.700. The Hall–Kier alpha value is 0.0400. The summed E-state index contributed by atoms with van der Waals surface area (Å²) in [7, 11) is -0.274. The van der Waals surface area contributed by atoms with Gasteiger partial charge in [0.25, 0.3) is 0 Å². The molecule has 1 fully saturated rings. The lowest BCUT2D eigenvalue weighted by molar-refractivity contribution is 0.985. The highest BCUT2D eigenvalue weighted by molar-refractivity contribution is 7.57. The van der Waals surface area contributed by atoms with Crippen LogP contribution in [0.4, 0.5) is 0 Å². The van der Waals surface area contributed by atoms with Crippen LogP contribution < -0.4 is 0 Å². The second-order valence-corrected chi connectivity index (χ2v) is 6.20. The van der Waals surface area contributed by atoms with Crippen molar-refractivity contribution >= 4 is 13.8 Å². The third-order valence-corrected chi connectivity index (χ3v) is 5.50. The predicted molar refractivity (Wildman–Crippen MR) is 57.3 cm³/mol. The molecule has 0 N–H and O–H groups in total. The van der Waals surface area contributed by atoms with E-state index in [-0.39, 0.29) is 7.55 Å². The largest absolute Gasteiger partial charge is 0.118 e. The third-order valence-electron chi connectivity index (χ3n) is 2.63. The molecule has 0 radical (unpaired) electrons. The topological polar surface area (TPSA) is 0 Å². The quantitative estimate of drug-likeness (QED) is 0.451. The van der Waals surface area contributed by atoms with Gasteiger partial charge in [-0.2, -0.15) is 0 Å². The molecular formula is C10H19P. The van der Waals surface area contributed by atoms with Gasteiger partial charge in [-0.05, 0) is 38.0 Å². The molecule has 0 aliphatic heterocycles. The van der Waals surface area contributed by atoms with Crippen LogP contribution >= 0.6 is 7.55 Å². The molecule has 1 aliphatic carbocycles. The van der Waals surface area contributed by atoms with Crippen molar-refractivity contribution in [2.75, 3.05) is 6.16 Å². The van der Waals surface area contributed by atoms with Gasteiger partial charge in [-0.3, -0.25) is 0 Å². The molecule has 0 heterocycles. The van der Waals surface area contributed by atoms with Crippen LogP contribution in [0.1, 0.15) is 27.2 Å². The predicted octanol–water partition coefficient (Wildman–Crippen LogP) is 3.01. The van der Waals surface area contributed by atoms with E-state index < -0.39 is 0 Å². The summed E-state index contributed by atoms with van der Waals surface area (Å²) in [6.07, 6.45) is 9.28. The SMILES string of the molecule is C=[PH](C/C(C)=C\C)C1CC1C. The Morgan fingerprint density at radius 3 is 2.64 bits per heavy atom. The van der Waals surface area contributed by atoms with E-state index in [0.29, 0.717) is 0 Å². The van der Waals surface area contributed by atoms with E-state index in [1.165, 1.54) is 18.2 Å². The molecule has 0 bridgehead atoms. The molecule has 0 spiro atoms. The first-order chi connectivity index (χ1) is 5.15. The second kappa shape index (κ2) is 3.63. The average molecular weight is 170 g/mol. The molecule has 64 valence electrons. The smallest absolute Gasteiger partial charge is 0.0147 e. The van der Waals surface area contributed by atoms with E-state index in [1.807, 2.05) is 0 Å². The summed E-state index contributed by atoms with van der Waals surface area (Å²) >= 11 is 0. The van der Waals surface area contributed by atoms with Crippen LogP contribution in [-0.4, -0.2) is 18.1 Å². The Bertz CT molecular complexity index is 191. The average Bonchev–Trinajstić information content (AvgIpc) is 2.66. The normalized spacial score (nSPS) is 33.5. The van der Waals surface area contributed by atoms with Crippen LogP contribution in [0.25, 0.3) is 0 Å². The summed E-state index contributed by atoms with van der Waals surface area (Å²) in [6, 6.07) is 0. The minimum atomic E-state index is -0.274. The van der Waals surface area contributed by atoms with Gasteiger partial charge in [0.15, 0.2) is 0 Å². The summed E-state index contributed by atoms with van der Waals surface area (Å²) in [6.45, 7) is 6.70. The number of rotatable bonds is 3. The van der Waals surface area contributed by atoms with Crippen LogP contribution in [0, 0.1) is 5.92 Å². The summed E-state index contributed by atoms with van der Waals surface area (Å²) in [5.74, 6) is 0.992. The number of allylic oxidation sites excluding steroid dienone is 2. The fourth-order valence-corrected chi connectivity index (χ4v) is 4.17. The Balaban J connectivity index is 2.33. The van der Waals surface area contributed by atoms with Gasteiger partial charge in [0, 0.05) is 0 Å². The molecule has 1 rings (SSSR count). The van der Waals surface area contributed by atoms with Crippen LogP contribution in [0.5, 0.6) is 0 Å². The molecule has 0 amide bonds. The highest BCUT2D eigenvalue weighted by Gasteiger charge is 2.33. The maximum Gasteiger partial charge on any atom is -0.0147 e. The molecule has 0 nitrogen and oxygen atoms in total. The molecule has 0 aromatic rings. The first kappa shape index (κ1) is 9.13. The molecule has 3 unspecified atom stereocenters. The fourth-order valence-electron chi connectivity index (χ4n) is 1.48. The van der Waals surface area contributed by atoms with Crippen molar-refractivity contribution in [2.45, 2.75) is 32.9 Å². The molecule has 3 atom stereocenters. The summed E-state index contributed by atoms with van der Waals surface area (Å²) < 4.78 is 0. The van der Waals surface area contributed by atoms with Crippen LogP contribution in [-0.2, 0) is 0 Å². The highest BCUT2D eigenvalue weighted by atomic mass is 31.1. The monoisotopic (exact) mass is 170 g/mol. The molecule has 0 aromatic carbocycles. The van der Waals surface area contributed by atoms with Gasteiger partial charge < -0.3 is 0 Å².